The molecule has 4 nitrogen and oxygen atoms in total. The first-order valence-corrected chi connectivity index (χ1v) is 5.97. The first kappa shape index (κ1) is 12.0. The Labute approximate surface area is 102 Å². The molecule has 1 saturated carbocycles. The molecule has 0 aromatic heterocycles. The monoisotopic (exact) mass is 236 g/mol. The van der Waals surface area contributed by atoms with Crippen LogP contribution in [0.5, 0.6) is 11.5 Å². The quantitative estimate of drug-likeness (QED) is 0.839. The van der Waals surface area contributed by atoms with E-state index in [9.17, 15) is 0 Å². The van der Waals surface area contributed by atoms with E-state index in [0.29, 0.717) is 12.1 Å². The summed E-state index contributed by atoms with van der Waals surface area (Å²) >= 11 is 0. The fourth-order valence-corrected chi connectivity index (χ4v) is 2.29. The van der Waals surface area contributed by atoms with Crippen molar-refractivity contribution in [3.05, 3.63) is 18.2 Å². The van der Waals surface area contributed by atoms with Gasteiger partial charge in [0.2, 0.25) is 0 Å². The molecule has 0 heterocycles. The minimum Gasteiger partial charge on any atom is -0.497 e. The highest BCUT2D eigenvalue weighted by Gasteiger charge is 2.22. The zero-order valence-corrected chi connectivity index (χ0v) is 10.4. The summed E-state index contributed by atoms with van der Waals surface area (Å²) < 4.78 is 10.6. The van der Waals surface area contributed by atoms with Crippen LogP contribution in [0.1, 0.15) is 19.3 Å². The average Bonchev–Trinajstić information content (AvgIpc) is 2.74. The van der Waals surface area contributed by atoms with Gasteiger partial charge in [-0.2, -0.15) is 0 Å². The highest BCUT2D eigenvalue weighted by atomic mass is 16.5. The Bertz CT molecular complexity index is 382. The molecule has 0 spiro atoms. The largest absolute Gasteiger partial charge is 0.497 e. The molecule has 1 aliphatic rings. The summed E-state index contributed by atoms with van der Waals surface area (Å²) in [5.74, 6) is 1.67. The van der Waals surface area contributed by atoms with Crippen LogP contribution in [0.4, 0.5) is 5.69 Å². The van der Waals surface area contributed by atoms with Gasteiger partial charge in [-0.3, -0.25) is 0 Å². The number of anilines is 1. The molecule has 1 aromatic carbocycles. The van der Waals surface area contributed by atoms with E-state index in [1.165, 1.54) is 0 Å². The number of hydrogen-bond acceptors (Lipinski definition) is 4. The summed E-state index contributed by atoms with van der Waals surface area (Å²) in [6.45, 7) is 0. The number of methoxy groups -OCH3 is 2. The highest BCUT2D eigenvalue weighted by Crippen LogP contribution is 2.31. The molecule has 0 amide bonds. The van der Waals surface area contributed by atoms with E-state index in [2.05, 4.69) is 5.32 Å². The SMILES string of the molecule is COc1ccc(OC)c(NC2CCC(N)C2)c1. The molecule has 2 unspecified atom stereocenters. The molecule has 3 N–H and O–H groups in total. The number of ether oxygens (including phenoxy) is 2. The van der Waals surface area contributed by atoms with Crippen molar-refractivity contribution < 1.29 is 9.47 Å². The molecule has 0 radical (unpaired) electrons. The summed E-state index contributed by atoms with van der Waals surface area (Å²) in [5.41, 5.74) is 6.89. The van der Waals surface area contributed by atoms with Gasteiger partial charge in [-0.25, -0.2) is 0 Å². The predicted molar refractivity (Wildman–Crippen MR) is 68.8 cm³/mol. The van der Waals surface area contributed by atoms with Gasteiger partial charge in [-0.15, -0.1) is 0 Å². The molecule has 0 saturated heterocycles. The van der Waals surface area contributed by atoms with Gasteiger partial charge < -0.3 is 20.5 Å². The standard InChI is InChI=1S/C13H20N2O2/c1-16-11-5-6-13(17-2)12(8-11)15-10-4-3-9(14)7-10/h5-6,8-10,15H,3-4,7,14H2,1-2H3. The second-order valence-corrected chi connectivity index (χ2v) is 4.48. The molecule has 1 aromatic rings. The fraction of sp³-hybridized carbons (Fsp3) is 0.538. The first-order valence-electron chi connectivity index (χ1n) is 5.97. The molecule has 4 heteroatoms. The van der Waals surface area contributed by atoms with Crippen LogP contribution in [0.3, 0.4) is 0 Å². The molecule has 2 atom stereocenters. The van der Waals surface area contributed by atoms with Crippen molar-refractivity contribution in [1.82, 2.24) is 0 Å². The van der Waals surface area contributed by atoms with Gasteiger partial charge in [0.15, 0.2) is 0 Å². The van der Waals surface area contributed by atoms with Crippen LogP contribution in [-0.4, -0.2) is 26.3 Å². The maximum atomic E-state index is 5.91. The smallest absolute Gasteiger partial charge is 0.142 e. The van der Waals surface area contributed by atoms with Gasteiger partial charge >= 0.3 is 0 Å². The van der Waals surface area contributed by atoms with Crippen molar-refractivity contribution in [3.8, 4) is 11.5 Å². The van der Waals surface area contributed by atoms with Gasteiger partial charge in [0.25, 0.3) is 0 Å². The zero-order valence-electron chi connectivity index (χ0n) is 10.4. The summed E-state index contributed by atoms with van der Waals surface area (Å²) in [5, 5.41) is 3.48. The second-order valence-electron chi connectivity index (χ2n) is 4.48. The van der Waals surface area contributed by atoms with Crippen LogP contribution < -0.4 is 20.5 Å². The molecular formula is C13H20N2O2. The zero-order chi connectivity index (χ0) is 12.3. The van der Waals surface area contributed by atoms with Crippen molar-refractivity contribution in [1.29, 1.82) is 0 Å². The highest BCUT2D eigenvalue weighted by molar-refractivity contribution is 5.60. The molecule has 94 valence electrons. The Morgan fingerprint density at radius 1 is 1.24 bits per heavy atom. The van der Waals surface area contributed by atoms with Gasteiger partial charge in [-0.1, -0.05) is 0 Å². The minimum atomic E-state index is 0.323. The maximum Gasteiger partial charge on any atom is 0.142 e. The van der Waals surface area contributed by atoms with Crippen molar-refractivity contribution in [2.75, 3.05) is 19.5 Å². The maximum absolute atomic E-state index is 5.91. The minimum absolute atomic E-state index is 0.323. The summed E-state index contributed by atoms with van der Waals surface area (Å²) in [4.78, 5) is 0. The third-order valence-corrected chi connectivity index (χ3v) is 3.24. The molecule has 17 heavy (non-hydrogen) atoms. The first-order chi connectivity index (χ1) is 8.22. The molecule has 0 aliphatic heterocycles. The molecule has 1 aliphatic carbocycles. The third-order valence-electron chi connectivity index (χ3n) is 3.24. The van der Waals surface area contributed by atoms with Crippen LogP contribution in [0, 0.1) is 0 Å². The van der Waals surface area contributed by atoms with E-state index in [1.54, 1.807) is 14.2 Å². The number of rotatable bonds is 4. The lowest BCUT2D eigenvalue weighted by atomic mass is 10.2. The van der Waals surface area contributed by atoms with Crippen LogP contribution in [0.25, 0.3) is 0 Å². The van der Waals surface area contributed by atoms with Crippen LogP contribution in [0.2, 0.25) is 0 Å². The van der Waals surface area contributed by atoms with Gasteiger partial charge in [0.05, 0.1) is 19.9 Å². The van der Waals surface area contributed by atoms with Gasteiger partial charge in [-0.05, 0) is 31.4 Å². The molecule has 1 fully saturated rings. The van der Waals surface area contributed by atoms with E-state index >= 15 is 0 Å². The lowest BCUT2D eigenvalue weighted by Gasteiger charge is -2.17. The van der Waals surface area contributed by atoms with Gasteiger partial charge in [0, 0.05) is 18.2 Å². The van der Waals surface area contributed by atoms with Crippen molar-refractivity contribution in [2.45, 2.75) is 31.3 Å². The lowest BCUT2D eigenvalue weighted by molar-refractivity contribution is 0.404. The number of nitrogens with one attached hydrogen (secondary N) is 1. The van der Waals surface area contributed by atoms with E-state index in [-0.39, 0.29) is 0 Å². The third kappa shape index (κ3) is 2.82. The summed E-state index contributed by atoms with van der Waals surface area (Å²) in [6.07, 6.45) is 3.21. The Hall–Kier alpha value is -1.42. The van der Waals surface area contributed by atoms with E-state index in [1.807, 2.05) is 18.2 Å². The van der Waals surface area contributed by atoms with E-state index in [4.69, 9.17) is 15.2 Å². The van der Waals surface area contributed by atoms with Crippen molar-refractivity contribution in [3.63, 3.8) is 0 Å². The number of benzene rings is 1. The van der Waals surface area contributed by atoms with Crippen molar-refractivity contribution >= 4 is 5.69 Å². The van der Waals surface area contributed by atoms with Gasteiger partial charge in [0.1, 0.15) is 11.5 Å². The molecule has 0 bridgehead atoms. The van der Waals surface area contributed by atoms with Crippen LogP contribution >= 0.6 is 0 Å². The second kappa shape index (κ2) is 5.27. The summed E-state index contributed by atoms with van der Waals surface area (Å²) in [7, 11) is 3.34. The van der Waals surface area contributed by atoms with Crippen LogP contribution in [0.15, 0.2) is 18.2 Å². The van der Waals surface area contributed by atoms with E-state index in [0.717, 1.165) is 36.4 Å². The fourth-order valence-electron chi connectivity index (χ4n) is 2.29. The lowest BCUT2D eigenvalue weighted by Crippen LogP contribution is -2.21. The summed E-state index contributed by atoms with van der Waals surface area (Å²) in [6, 6.07) is 6.53. The van der Waals surface area contributed by atoms with Crippen molar-refractivity contribution in [2.24, 2.45) is 5.73 Å². The number of hydrogen-bond donors (Lipinski definition) is 2. The number of nitrogens with two attached hydrogens (primary N) is 1. The predicted octanol–water partition coefficient (Wildman–Crippen LogP) is 2.00. The normalized spacial score (nSPS) is 23.5. The average molecular weight is 236 g/mol. The topological polar surface area (TPSA) is 56.5 Å². The Morgan fingerprint density at radius 2 is 2.06 bits per heavy atom. The Morgan fingerprint density at radius 3 is 2.65 bits per heavy atom. The van der Waals surface area contributed by atoms with Crippen LogP contribution in [-0.2, 0) is 0 Å². The Balaban J connectivity index is 2.12. The molecular weight excluding hydrogens is 216 g/mol. The van der Waals surface area contributed by atoms with E-state index < -0.39 is 0 Å². The Kier molecular flexibility index (Phi) is 3.74. The molecule has 2 rings (SSSR count).